The molecule has 0 saturated carbocycles. The van der Waals surface area contributed by atoms with E-state index in [4.69, 9.17) is 4.74 Å². The highest BCUT2D eigenvalue weighted by atomic mass is 19.1. The molecule has 3 heteroatoms. The topological polar surface area (TPSA) is 21.3 Å². The van der Waals surface area contributed by atoms with Crippen LogP contribution in [-0.2, 0) is 0 Å². The van der Waals surface area contributed by atoms with Gasteiger partial charge in [0, 0.05) is 6.54 Å². The molecule has 0 aromatic heterocycles. The van der Waals surface area contributed by atoms with Gasteiger partial charge in [-0.3, -0.25) is 0 Å². The highest BCUT2D eigenvalue weighted by Gasteiger charge is 2.16. The summed E-state index contributed by atoms with van der Waals surface area (Å²) in [7, 11) is 0. The van der Waals surface area contributed by atoms with Crippen molar-refractivity contribution in [1.29, 1.82) is 0 Å². The van der Waals surface area contributed by atoms with E-state index in [1.54, 1.807) is 6.07 Å². The monoisotopic (exact) mass is 301 g/mol. The highest BCUT2D eigenvalue weighted by Crippen LogP contribution is 2.31. The van der Waals surface area contributed by atoms with Gasteiger partial charge in [0.25, 0.3) is 0 Å². The number of halogens is 1. The minimum absolute atomic E-state index is 0.210. The molecule has 0 aliphatic carbocycles. The van der Waals surface area contributed by atoms with Gasteiger partial charge in [0.1, 0.15) is 18.2 Å². The summed E-state index contributed by atoms with van der Waals surface area (Å²) in [6.45, 7) is 6.19. The van der Waals surface area contributed by atoms with Crippen molar-refractivity contribution in [2.24, 2.45) is 0 Å². The first-order valence-corrected chi connectivity index (χ1v) is 7.89. The molecule has 1 aromatic rings. The van der Waals surface area contributed by atoms with Gasteiger partial charge in [-0.2, -0.15) is 0 Å². The van der Waals surface area contributed by atoms with Crippen LogP contribution < -0.4 is 10.1 Å². The predicted octanol–water partition coefficient (Wildman–Crippen LogP) is 4.49. The molecule has 2 rings (SSSR count). The Hall–Kier alpha value is -1.87. The summed E-state index contributed by atoms with van der Waals surface area (Å²) in [5.41, 5.74) is 2.75. The maximum Gasteiger partial charge on any atom is 0.134 e. The molecule has 0 atom stereocenters. The quantitative estimate of drug-likeness (QED) is 0.781. The smallest absolute Gasteiger partial charge is 0.134 e. The first kappa shape index (κ1) is 16.5. The average molecular weight is 301 g/mol. The maximum atomic E-state index is 14.3. The van der Waals surface area contributed by atoms with Gasteiger partial charge in [0.15, 0.2) is 0 Å². The molecule has 0 radical (unpaired) electrons. The van der Waals surface area contributed by atoms with Crippen molar-refractivity contribution in [1.82, 2.24) is 5.32 Å². The van der Waals surface area contributed by atoms with E-state index in [-0.39, 0.29) is 5.82 Å². The van der Waals surface area contributed by atoms with Crippen molar-refractivity contribution in [3.8, 4) is 5.75 Å². The third-order valence-electron chi connectivity index (χ3n) is 3.60. The van der Waals surface area contributed by atoms with Crippen molar-refractivity contribution in [3.63, 3.8) is 0 Å². The lowest BCUT2D eigenvalue weighted by atomic mass is 9.98. The summed E-state index contributed by atoms with van der Waals surface area (Å²) in [5, 5.41) is 3.25. The lowest BCUT2D eigenvalue weighted by molar-refractivity contribution is 0.351. The summed E-state index contributed by atoms with van der Waals surface area (Å²) < 4.78 is 20.2. The second-order valence-electron chi connectivity index (χ2n) is 5.27. The molecule has 0 unspecified atom stereocenters. The van der Waals surface area contributed by atoms with Crippen molar-refractivity contribution in [2.75, 3.05) is 19.7 Å². The molecule has 1 heterocycles. The Kier molecular flexibility index (Phi) is 6.41. The molecular weight excluding hydrogens is 277 g/mol. The average Bonchev–Trinajstić information content (AvgIpc) is 2.54. The first-order chi connectivity index (χ1) is 10.8. The zero-order valence-electron chi connectivity index (χ0n) is 13.4. The fraction of sp³-hybridized carbons (Fsp3) is 0.368. The molecule has 0 amide bonds. The summed E-state index contributed by atoms with van der Waals surface area (Å²) in [6, 6.07) is 5.05. The molecule has 1 aliphatic rings. The molecule has 0 fully saturated rings. The lowest BCUT2D eigenvalue weighted by Gasteiger charge is -2.18. The number of ether oxygens (including phenoxy) is 1. The van der Waals surface area contributed by atoms with Gasteiger partial charge >= 0.3 is 0 Å². The zero-order chi connectivity index (χ0) is 15.8. The third kappa shape index (κ3) is 4.31. The van der Waals surface area contributed by atoms with Gasteiger partial charge in [-0.15, -0.1) is 0 Å². The standard InChI is InChI=1S/C19H24FNO/c1-3-6-15(7-4-2)14-22-18-9-5-8-17(20)19(18)16-10-12-21-13-11-16/h3,5-10,21H,4,11-14H2,1-2H3. The number of allylic oxidation sites excluding steroid dienone is 2. The molecule has 0 bridgehead atoms. The molecule has 22 heavy (non-hydrogen) atoms. The van der Waals surface area contributed by atoms with Crippen LogP contribution in [0.5, 0.6) is 5.75 Å². The highest BCUT2D eigenvalue weighted by molar-refractivity contribution is 5.72. The molecule has 0 saturated heterocycles. The van der Waals surface area contributed by atoms with Crippen LogP contribution in [0.25, 0.3) is 5.57 Å². The molecular formula is C19H24FNO. The van der Waals surface area contributed by atoms with Crippen molar-refractivity contribution in [2.45, 2.75) is 26.7 Å². The second kappa shape index (κ2) is 8.54. The number of benzene rings is 1. The Balaban J connectivity index is 2.22. The van der Waals surface area contributed by atoms with Gasteiger partial charge in [-0.25, -0.2) is 4.39 Å². The van der Waals surface area contributed by atoms with Crippen LogP contribution in [0.2, 0.25) is 0 Å². The van der Waals surface area contributed by atoms with E-state index in [0.29, 0.717) is 17.9 Å². The minimum atomic E-state index is -0.210. The fourth-order valence-electron chi connectivity index (χ4n) is 2.60. The zero-order valence-corrected chi connectivity index (χ0v) is 13.4. The van der Waals surface area contributed by atoms with Crippen molar-refractivity contribution in [3.05, 3.63) is 59.5 Å². The summed E-state index contributed by atoms with van der Waals surface area (Å²) in [6.07, 6.45) is 9.98. The van der Waals surface area contributed by atoms with E-state index in [2.05, 4.69) is 18.3 Å². The van der Waals surface area contributed by atoms with Crippen molar-refractivity contribution < 1.29 is 9.13 Å². The molecule has 2 nitrogen and oxygen atoms in total. The molecule has 118 valence electrons. The minimum Gasteiger partial charge on any atom is -0.488 e. The van der Waals surface area contributed by atoms with E-state index in [0.717, 1.165) is 37.1 Å². The summed E-state index contributed by atoms with van der Waals surface area (Å²) >= 11 is 0. The van der Waals surface area contributed by atoms with Crippen LogP contribution in [0.1, 0.15) is 32.3 Å². The van der Waals surface area contributed by atoms with Crippen LogP contribution in [0.3, 0.4) is 0 Å². The van der Waals surface area contributed by atoms with Crippen LogP contribution in [0.15, 0.2) is 48.1 Å². The van der Waals surface area contributed by atoms with Crippen molar-refractivity contribution >= 4 is 5.57 Å². The Morgan fingerprint density at radius 2 is 2.27 bits per heavy atom. The van der Waals surface area contributed by atoms with E-state index in [9.17, 15) is 4.39 Å². The predicted molar refractivity (Wildman–Crippen MR) is 90.5 cm³/mol. The van der Waals surface area contributed by atoms with Gasteiger partial charge in [-0.1, -0.05) is 37.3 Å². The van der Waals surface area contributed by atoms with Gasteiger partial charge in [-0.05, 0) is 49.6 Å². The Morgan fingerprint density at radius 3 is 2.95 bits per heavy atom. The largest absolute Gasteiger partial charge is 0.488 e. The van der Waals surface area contributed by atoms with Crippen LogP contribution in [0.4, 0.5) is 4.39 Å². The molecule has 1 aliphatic heterocycles. The number of nitrogens with one attached hydrogen (secondary N) is 1. The van der Waals surface area contributed by atoms with E-state index < -0.39 is 0 Å². The maximum absolute atomic E-state index is 14.3. The lowest BCUT2D eigenvalue weighted by Crippen LogP contribution is -2.20. The third-order valence-corrected chi connectivity index (χ3v) is 3.60. The Morgan fingerprint density at radius 1 is 1.41 bits per heavy atom. The second-order valence-corrected chi connectivity index (χ2v) is 5.27. The molecule has 1 N–H and O–H groups in total. The van der Waals surface area contributed by atoms with Crippen LogP contribution >= 0.6 is 0 Å². The van der Waals surface area contributed by atoms with Gasteiger partial charge in [0.2, 0.25) is 0 Å². The fourth-order valence-corrected chi connectivity index (χ4v) is 2.60. The SMILES string of the molecule is CC=CC(=CCC)COc1cccc(F)c1C1=CCNCC1. The van der Waals surface area contributed by atoms with E-state index in [1.165, 1.54) is 6.07 Å². The Labute approximate surface area is 132 Å². The normalized spacial score (nSPS) is 16.0. The number of hydrogen-bond acceptors (Lipinski definition) is 2. The molecule has 1 aromatic carbocycles. The molecule has 0 spiro atoms. The Bertz CT molecular complexity index is 587. The number of rotatable bonds is 6. The van der Waals surface area contributed by atoms with Gasteiger partial charge in [0.05, 0.1) is 5.56 Å². The number of hydrogen-bond donors (Lipinski definition) is 1. The van der Waals surface area contributed by atoms with Crippen LogP contribution in [0, 0.1) is 5.82 Å². The first-order valence-electron chi connectivity index (χ1n) is 7.89. The van der Waals surface area contributed by atoms with Crippen LogP contribution in [-0.4, -0.2) is 19.7 Å². The van der Waals surface area contributed by atoms with E-state index in [1.807, 2.05) is 31.2 Å². The summed E-state index contributed by atoms with van der Waals surface area (Å²) in [4.78, 5) is 0. The van der Waals surface area contributed by atoms with Gasteiger partial charge < -0.3 is 10.1 Å². The summed E-state index contributed by atoms with van der Waals surface area (Å²) in [5.74, 6) is 0.414. The van der Waals surface area contributed by atoms with E-state index >= 15 is 0 Å².